The van der Waals surface area contributed by atoms with Crippen LogP contribution in [0.5, 0.6) is 0 Å². The molecule has 1 heterocycles. The standard InChI is InChI=1S/C11H20N2OS/c1-5-10(7-15-4)12-6-11-13-8(2)9(3)14-11/h10,12H,5-7H2,1-4H3. The normalized spacial score (nSPS) is 13.1. The third-order valence-electron chi connectivity index (χ3n) is 2.48. The second kappa shape index (κ2) is 6.18. The monoisotopic (exact) mass is 228 g/mol. The molecule has 0 aliphatic carbocycles. The average molecular weight is 228 g/mol. The first-order valence-electron chi connectivity index (χ1n) is 5.32. The minimum Gasteiger partial charge on any atom is -0.444 e. The van der Waals surface area contributed by atoms with E-state index >= 15 is 0 Å². The zero-order valence-corrected chi connectivity index (χ0v) is 10.8. The predicted octanol–water partition coefficient (Wildman–Crippen LogP) is 2.52. The summed E-state index contributed by atoms with van der Waals surface area (Å²) in [4.78, 5) is 4.34. The van der Waals surface area contributed by atoms with Crippen molar-refractivity contribution in [3.05, 3.63) is 17.3 Å². The molecule has 0 amide bonds. The van der Waals surface area contributed by atoms with Gasteiger partial charge in [-0.15, -0.1) is 0 Å². The highest BCUT2D eigenvalue weighted by molar-refractivity contribution is 7.98. The molecular formula is C11H20N2OS. The van der Waals surface area contributed by atoms with E-state index in [2.05, 4.69) is 23.5 Å². The summed E-state index contributed by atoms with van der Waals surface area (Å²) in [5, 5.41) is 3.45. The Hall–Kier alpha value is -0.480. The lowest BCUT2D eigenvalue weighted by Gasteiger charge is -2.13. The van der Waals surface area contributed by atoms with Gasteiger partial charge in [0, 0.05) is 11.8 Å². The fraction of sp³-hybridized carbons (Fsp3) is 0.727. The number of thioether (sulfide) groups is 1. The van der Waals surface area contributed by atoms with Crippen molar-refractivity contribution in [1.82, 2.24) is 10.3 Å². The van der Waals surface area contributed by atoms with Crippen molar-refractivity contribution in [2.24, 2.45) is 0 Å². The van der Waals surface area contributed by atoms with Crippen molar-refractivity contribution in [2.45, 2.75) is 39.8 Å². The number of aryl methyl sites for hydroxylation is 2. The van der Waals surface area contributed by atoms with E-state index in [1.165, 1.54) is 0 Å². The Bertz CT molecular complexity index is 279. The molecule has 1 aromatic rings. The molecule has 0 saturated carbocycles. The molecule has 0 saturated heterocycles. The van der Waals surface area contributed by atoms with E-state index in [1.807, 2.05) is 25.6 Å². The van der Waals surface area contributed by atoms with Crippen LogP contribution < -0.4 is 5.32 Å². The molecule has 0 bridgehead atoms. The smallest absolute Gasteiger partial charge is 0.208 e. The molecule has 0 aliphatic rings. The minimum absolute atomic E-state index is 0.549. The summed E-state index contributed by atoms with van der Waals surface area (Å²) < 4.78 is 5.51. The van der Waals surface area contributed by atoms with Gasteiger partial charge in [-0.25, -0.2) is 4.98 Å². The van der Waals surface area contributed by atoms with Crippen LogP contribution in [-0.4, -0.2) is 23.0 Å². The van der Waals surface area contributed by atoms with Gasteiger partial charge in [-0.05, 0) is 26.5 Å². The number of hydrogen-bond acceptors (Lipinski definition) is 4. The third kappa shape index (κ3) is 3.87. The summed E-state index contributed by atoms with van der Waals surface area (Å²) >= 11 is 1.86. The molecule has 0 fully saturated rings. The van der Waals surface area contributed by atoms with Crippen molar-refractivity contribution in [3.8, 4) is 0 Å². The maximum atomic E-state index is 5.51. The van der Waals surface area contributed by atoms with Crippen LogP contribution in [0.3, 0.4) is 0 Å². The van der Waals surface area contributed by atoms with Gasteiger partial charge in [0.1, 0.15) is 5.76 Å². The van der Waals surface area contributed by atoms with E-state index < -0.39 is 0 Å². The van der Waals surface area contributed by atoms with Gasteiger partial charge in [0.05, 0.1) is 12.2 Å². The van der Waals surface area contributed by atoms with E-state index in [4.69, 9.17) is 4.42 Å². The van der Waals surface area contributed by atoms with Gasteiger partial charge in [-0.1, -0.05) is 6.92 Å². The van der Waals surface area contributed by atoms with Gasteiger partial charge >= 0.3 is 0 Å². The molecule has 86 valence electrons. The molecule has 1 atom stereocenters. The maximum absolute atomic E-state index is 5.51. The number of nitrogens with one attached hydrogen (secondary N) is 1. The highest BCUT2D eigenvalue weighted by atomic mass is 32.2. The molecule has 4 heteroatoms. The van der Waals surface area contributed by atoms with Gasteiger partial charge in [0.25, 0.3) is 0 Å². The van der Waals surface area contributed by atoms with Crippen LogP contribution >= 0.6 is 11.8 Å². The summed E-state index contributed by atoms with van der Waals surface area (Å²) in [5.41, 5.74) is 0.990. The molecular weight excluding hydrogens is 208 g/mol. The molecule has 1 rings (SSSR count). The first kappa shape index (κ1) is 12.6. The van der Waals surface area contributed by atoms with Crippen LogP contribution in [0.2, 0.25) is 0 Å². The molecule has 15 heavy (non-hydrogen) atoms. The fourth-order valence-electron chi connectivity index (χ4n) is 1.37. The quantitative estimate of drug-likeness (QED) is 0.812. The number of aromatic nitrogens is 1. The molecule has 0 aromatic carbocycles. The van der Waals surface area contributed by atoms with Crippen molar-refractivity contribution < 1.29 is 4.42 Å². The lowest BCUT2D eigenvalue weighted by Crippen LogP contribution is -2.30. The molecule has 0 radical (unpaired) electrons. The van der Waals surface area contributed by atoms with Crippen LogP contribution in [0.4, 0.5) is 0 Å². The van der Waals surface area contributed by atoms with Crippen LogP contribution in [0.1, 0.15) is 30.7 Å². The second-order valence-electron chi connectivity index (χ2n) is 3.69. The summed E-state index contributed by atoms with van der Waals surface area (Å²) in [6.07, 6.45) is 3.27. The van der Waals surface area contributed by atoms with E-state index in [0.29, 0.717) is 6.04 Å². The van der Waals surface area contributed by atoms with Gasteiger partial charge in [-0.3, -0.25) is 0 Å². The van der Waals surface area contributed by atoms with E-state index in [0.717, 1.165) is 36.1 Å². The third-order valence-corrected chi connectivity index (χ3v) is 3.21. The lowest BCUT2D eigenvalue weighted by molar-refractivity contribution is 0.427. The van der Waals surface area contributed by atoms with Gasteiger partial charge < -0.3 is 9.73 Å². The Morgan fingerprint density at radius 2 is 2.20 bits per heavy atom. The summed E-state index contributed by atoms with van der Waals surface area (Å²) in [6.45, 7) is 6.85. The van der Waals surface area contributed by atoms with Crippen LogP contribution in [-0.2, 0) is 6.54 Å². The molecule has 3 nitrogen and oxygen atoms in total. The zero-order chi connectivity index (χ0) is 11.3. The first-order chi connectivity index (χ1) is 7.17. The number of nitrogens with zero attached hydrogens (tertiary/aromatic N) is 1. The van der Waals surface area contributed by atoms with E-state index in [-0.39, 0.29) is 0 Å². The topological polar surface area (TPSA) is 38.1 Å². The fourth-order valence-corrected chi connectivity index (χ4v) is 2.12. The zero-order valence-electron chi connectivity index (χ0n) is 9.96. The Labute approximate surface area is 96.0 Å². The lowest BCUT2D eigenvalue weighted by atomic mass is 10.2. The van der Waals surface area contributed by atoms with Crippen LogP contribution in [0.25, 0.3) is 0 Å². The van der Waals surface area contributed by atoms with Crippen molar-refractivity contribution >= 4 is 11.8 Å². The molecule has 1 aromatic heterocycles. The first-order valence-corrected chi connectivity index (χ1v) is 6.72. The predicted molar refractivity (Wildman–Crippen MR) is 65.3 cm³/mol. The van der Waals surface area contributed by atoms with E-state index in [9.17, 15) is 0 Å². The summed E-state index contributed by atoms with van der Waals surface area (Å²) in [6, 6.07) is 0.549. The summed E-state index contributed by atoms with van der Waals surface area (Å²) in [5.74, 6) is 2.85. The molecule has 0 aliphatic heterocycles. The van der Waals surface area contributed by atoms with Gasteiger partial charge in [-0.2, -0.15) is 11.8 Å². The van der Waals surface area contributed by atoms with Crippen LogP contribution in [0, 0.1) is 13.8 Å². The molecule has 1 N–H and O–H groups in total. The largest absolute Gasteiger partial charge is 0.444 e. The van der Waals surface area contributed by atoms with Gasteiger partial charge in [0.15, 0.2) is 0 Å². The summed E-state index contributed by atoms with van der Waals surface area (Å²) in [7, 11) is 0. The Morgan fingerprint density at radius 3 is 2.67 bits per heavy atom. The number of oxazole rings is 1. The van der Waals surface area contributed by atoms with Gasteiger partial charge in [0.2, 0.25) is 5.89 Å². The van der Waals surface area contributed by atoms with Crippen LogP contribution in [0.15, 0.2) is 4.42 Å². The molecule has 1 unspecified atom stereocenters. The number of hydrogen-bond donors (Lipinski definition) is 1. The van der Waals surface area contributed by atoms with Crippen molar-refractivity contribution in [3.63, 3.8) is 0 Å². The van der Waals surface area contributed by atoms with Crippen molar-refractivity contribution in [2.75, 3.05) is 12.0 Å². The highest BCUT2D eigenvalue weighted by Gasteiger charge is 2.08. The minimum atomic E-state index is 0.549. The Balaban J connectivity index is 2.41. The maximum Gasteiger partial charge on any atom is 0.208 e. The molecule has 0 spiro atoms. The Morgan fingerprint density at radius 1 is 1.47 bits per heavy atom. The SMILES string of the molecule is CCC(CSC)NCc1nc(C)c(C)o1. The second-order valence-corrected chi connectivity index (χ2v) is 4.60. The Kier molecular flexibility index (Phi) is 5.19. The average Bonchev–Trinajstić information content (AvgIpc) is 2.53. The number of rotatable bonds is 6. The van der Waals surface area contributed by atoms with Crippen molar-refractivity contribution in [1.29, 1.82) is 0 Å². The van der Waals surface area contributed by atoms with E-state index in [1.54, 1.807) is 0 Å². The highest BCUT2D eigenvalue weighted by Crippen LogP contribution is 2.09.